The molecule has 1 heterocycles. The van der Waals surface area contributed by atoms with Gasteiger partial charge < -0.3 is 15.1 Å². The van der Waals surface area contributed by atoms with Crippen molar-refractivity contribution >= 4 is 17.9 Å². The van der Waals surface area contributed by atoms with Crippen LogP contribution < -0.4 is 10.6 Å². The molecule has 5 heteroatoms. The van der Waals surface area contributed by atoms with Gasteiger partial charge in [-0.25, -0.2) is 0 Å². The number of nitrogens with one attached hydrogen (secondary N) is 2. The summed E-state index contributed by atoms with van der Waals surface area (Å²) in [7, 11) is 0. The fourth-order valence-corrected chi connectivity index (χ4v) is 2.95. The van der Waals surface area contributed by atoms with Gasteiger partial charge in [0, 0.05) is 17.7 Å². The van der Waals surface area contributed by atoms with E-state index >= 15 is 0 Å². The van der Waals surface area contributed by atoms with Crippen LogP contribution in [0.2, 0.25) is 0 Å². The zero-order valence-corrected chi connectivity index (χ0v) is 14.2. The topological polar surface area (TPSA) is 71.3 Å². The molecule has 1 aliphatic rings. The molecule has 0 radical (unpaired) electrons. The SMILES string of the molecule is Cc1ccc(C=C(NC(=O)c2ccccc2)C(=O)NC2CCCC2)o1. The third-order valence-electron chi connectivity index (χ3n) is 4.27. The van der Waals surface area contributed by atoms with E-state index < -0.39 is 0 Å². The molecule has 2 amide bonds. The third kappa shape index (κ3) is 4.59. The minimum Gasteiger partial charge on any atom is -0.462 e. The summed E-state index contributed by atoms with van der Waals surface area (Å²) in [5.41, 5.74) is 0.688. The van der Waals surface area contributed by atoms with E-state index in [0.29, 0.717) is 11.3 Å². The molecule has 0 atom stereocenters. The van der Waals surface area contributed by atoms with Gasteiger partial charge in [0.15, 0.2) is 0 Å². The molecule has 2 aromatic rings. The Labute approximate surface area is 147 Å². The highest BCUT2D eigenvalue weighted by molar-refractivity contribution is 6.05. The van der Waals surface area contributed by atoms with Crippen molar-refractivity contribution in [2.24, 2.45) is 0 Å². The quantitative estimate of drug-likeness (QED) is 0.821. The van der Waals surface area contributed by atoms with Crippen LogP contribution in [0, 0.1) is 6.92 Å². The summed E-state index contributed by atoms with van der Waals surface area (Å²) in [6.07, 6.45) is 5.77. The molecule has 0 spiro atoms. The normalized spacial score (nSPS) is 15.2. The Morgan fingerprint density at radius 1 is 1.08 bits per heavy atom. The van der Waals surface area contributed by atoms with E-state index in [0.717, 1.165) is 31.4 Å². The standard InChI is InChI=1S/C20H22N2O3/c1-14-11-12-17(25-14)13-18(20(24)21-16-9-5-6-10-16)22-19(23)15-7-3-2-4-8-15/h2-4,7-8,11-13,16H,5-6,9-10H2,1H3,(H,21,24)(H,22,23). The Kier molecular flexibility index (Phi) is 5.33. The molecule has 25 heavy (non-hydrogen) atoms. The van der Waals surface area contributed by atoms with Crippen molar-refractivity contribution in [2.45, 2.75) is 38.6 Å². The molecule has 5 nitrogen and oxygen atoms in total. The predicted molar refractivity (Wildman–Crippen MR) is 95.7 cm³/mol. The van der Waals surface area contributed by atoms with Crippen molar-refractivity contribution in [1.82, 2.24) is 10.6 Å². The van der Waals surface area contributed by atoms with Crippen LogP contribution in [0.25, 0.3) is 6.08 Å². The van der Waals surface area contributed by atoms with Crippen LogP contribution in [-0.4, -0.2) is 17.9 Å². The Morgan fingerprint density at radius 2 is 1.80 bits per heavy atom. The van der Waals surface area contributed by atoms with E-state index in [4.69, 9.17) is 4.42 Å². The molecule has 1 aromatic carbocycles. The van der Waals surface area contributed by atoms with E-state index in [1.807, 2.05) is 19.1 Å². The zero-order valence-electron chi connectivity index (χ0n) is 14.2. The molecule has 1 aromatic heterocycles. The highest BCUT2D eigenvalue weighted by Gasteiger charge is 2.21. The molecule has 0 saturated heterocycles. The maximum atomic E-state index is 12.6. The van der Waals surface area contributed by atoms with Crippen LogP contribution in [0.3, 0.4) is 0 Å². The van der Waals surface area contributed by atoms with Crippen molar-refractivity contribution in [3.05, 3.63) is 65.2 Å². The first-order valence-electron chi connectivity index (χ1n) is 8.57. The van der Waals surface area contributed by atoms with Crippen molar-refractivity contribution in [1.29, 1.82) is 0 Å². The van der Waals surface area contributed by atoms with Gasteiger partial charge in [-0.05, 0) is 44.0 Å². The van der Waals surface area contributed by atoms with Crippen molar-refractivity contribution in [3.63, 3.8) is 0 Å². The van der Waals surface area contributed by atoms with E-state index in [9.17, 15) is 9.59 Å². The Balaban J connectivity index is 1.79. The van der Waals surface area contributed by atoms with E-state index in [-0.39, 0.29) is 23.6 Å². The summed E-state index contributed by atoms with van der Waals surface area (Å²) < 4.78 is 5.51. The summed E-state index contributed by atoms with van der Waals surface area (Å²) in [6, 6.07) is 12.6. The van der Waals surface area contributed by atoms with Gasteiger partial charge >= 0.3 is 0 Å². The van der Waals surface area contributed by atoms with Gasteiger partial charge in [-0.2, -0.15) is 0 Å². The lowest BCUT2D eigenvalue weighted by atomic mass is 10.2. The second kappa shape index (κ2) is 7.83. The molecule has 1 aliphatic carbocycles. The van der Waals surface area contributed by atoms with Gasteiger partial charge in [0.1, 0.15) is 17.2 Å². The maximum Gasteiger partial charge on any atom is 0.268 e. The van der Waals surface area contributed by atoms with Crippen molar-refractivity contribution < 1.29 is 14.0 Å². The number of benzene rings is 1. The molecule has 1 fully saturated rings. The monoisotopic (exact) mass is 338 g/mol. The first-order valence-corrected chi connectivity index (χ1v) is 8.57. The van der Waals surface area contributed by atoms with Crippen LogP contribution in [0.15, 0.2) is 52.6 Å². The molecule has 0 aliphatic heterocycles. The molecule has 130 valence electrons. The Hall–Kier alpha value is -2.82. The summed E-state index contributed by atoms with van der Waals surface area (Å²) in [4.78, 5) is 25.1. The van der Waals surface area contributed by atoms with Crippen LogP contribution in [0.1, 0.15) is 47.6 Å². The molecule has 2 N–H and O–H groups in total. The minimum absolute atomic E-state index is 0.169. The molecule has 0 bridgehead atoms. The van der Waals surface area contributed by atoms with Crippen molar-refractivity contribution in [2.75, 3.05) is 0 Å². The Bertz CT molecular complexity index is 771. The lowest BCUT2D eigenvalue weighted by molar-refractivity contribution is -0.118. The molecular weight excluding hydrogens is 316 g/mol. The smallest absolute Gasteiger partial charge is 0.268 e. The lowest BCUT2D eigenvalue weighted by Gasteiger charge is -2.15. The first kappa shape index (κ1) is 17.0. The van der Waals surface area contributed by atoms with Crippen molar-refractivity contribution in [3.8, 4) is 0 Å². The number of rotatable bonds is 5. The summed E-state index contributed by atoms with van der Waals surface area (Å²) in [5, 5.41) is 5.71. The van der Waals surface area contributed by atoms with Gasteiger partial charge in [0.25, 0.3) is 11.8 Å². The summed E-state index contributed by atoms with van der Waals surface area (Å²) in [6.45, 7) is 1.83. The van der Waals surface area contributed by atoms with Gasteiger partial charge in [0.05, 0.1) is 0 Å². The molecular formula is C20H22N2O3. The highest BCUT2D eigenvalue weighted by Crippen LogP contribution is 2.18. The Morgan fingerprint density at radius 3 is 2.44 bits per heavy atom. The van der Waals surface area contributed by atoms with E-state index in [1.165, 1.54) is 0 Å². The average molecular weight is 338 g/mol. The third-order valence-corrected chi connectivity index (χ3v) is 4.27. The van der Waals surface area contributed by atoms with E-state index in [1.54, 1.807) is 36.4 Å². The first-order chi connectivity index (χ1) is 12.1. The van der Waals surface area contributed by atoms with E-state index in [2.05, 4.69) is 10.6 Å². The van der Waals surface area contributed by atoms with Gasteiger partial charge in [-0.15, -0.1) is 0 Å². The average Bonchev–Trinajstić information content (AvgIpc) is 3.26. The van der Waals surface area contributed by atoms with Crippen LogP contribution in [-0.2, 0) is 4.79 Å². The number of aryl methyl sites for hydroxylation is 1. The van der Waals surface area contributed by atoms with Gasteiger partial charge in [0.2, 0.25) is 0 Å². The van der Waals surface area contributed by atoms with Crippen LogP contribution in [0.4, 0.5) is 0 Å². The molecule has 3 rings (SSSR count). The van der Waals surface area contributed by atoms with Gasteiger partial charge in [-0.3, -0.25) is 9.59 Å². The van der Waals surface area contributed by atoms with Crippen LogP contribution in [0.5, 0.6) is 0 Å². The maximum absolute atomic E-state index is 12.6. The lowest BCUT2D eigenvalue weighted by Crippen LogP contribution is -2.39. The number of furan rings is 1. The number of hydrogen-bond donors (Lipinski definition) is 2. The molecule has 0 unspecified atom stereocenters. The number of amides is 2. The second-order valence-electron chi connectivity index (χ2n) is 6.28. The minimum atomic E-state index is -0.322. The fourth-order valence-electron chi connectivity index (χ4n) is 2.95. The second-order valence-corrected chi connectivity index (χ2v) is 6.28. The summed E-state index contributed by atoms with van der Waals surface area (Å²) >= 11 is 0. The largest absolute Gasteiger partial charge is 0.462 e. The zero-order chi connectivity index (χ0) is 17.6. The fraction of sp³-hybridized carbons (Fsp3) is 0.300. The van der Waals surface area contributed by atoms with Crippen LogP contribution >= 0.6 is 0 Å². The number of carbonyl (C=O) groups excluding carboxylic acids is 2. The predicted octanol–water partition coefficient (Wildman–Crippen LogP) is 3.42. The van der Waals surface area contributed by atoms with Gasteiger partial charge in [-0.1, -0.05) is 31.0 Å². The highest BCUT2D eigenvalue weighted by atomic mass is 16.3. The summed E-state index contributed by atoms with van der Waals surface area (Å²) in [5.74, 6) is 0.667. The number of hydrogen-bond acceptors (Lipinski definition) is 3. The number of carbonyl (C=O) groups is 2. The molecule has 1 saturated carbocycles.